The summed E-state index contributed by atoms with van der Waals surface area (Å²) in [6.07, 6.45) is 0. The Morgan fingerprint density at radius 3 is 2.33 bits per heavy atom. The Labute approximate surface area is 78.0 Å². The Kier molecular flexibility index (Phi) is 3.14. The first-order chi connectivity index (χ1) is 5.64. The zero-order chi connectivity index (χ0) is 9.03. The molecule has 1 rings (SSSR count). The third-order valence-electron chi connectivity index (χ3n) is 1.41. The first-order valence-electron chi connectivity index (χ1n) is 3.62. The highest BCUT2D eigenvalue weighted by Crippen LogP contribution is 2.17. The highest BCUT2D eigenvalue weighted by Gasteiger charge is 2.29. The molecular weight excluding hydrogens is 192 g/mol. The lowest BCUT2D eigenvalue weighted by Crippen LogP contribution is -2.34. The van der Waals surface area contributed by atoms with Gasteiger partial charge in [-0.2, -0.15) is 0 Å². The summed E-state index contributed by atoms with van der Waals surface area (Å²) in [7, 11) is -0.888. The smallest absolute Gasteiger partial charge is 0.502 e. The van der Waals surface area contributed by atoms with Crippen LogP contribution in [0.25, 0.3) is 0 Å². The van der Waals surface area contributed by atoms with Crippen molar-refractivity contribution in [1.82, 2.24) is 0 Å². The summed E-state index contributed by atoms with van der Waals surface area (Å²) < 4.78 is 10.5. The van der Waals surface area contributed by atoms with E-state index >= 15 is 0 Å². The minimum Gasteiger partial charge on any atom is -0.510 e. The first-order valence-corrected chi connectivity index (χ1v) is 6.95. The van der Waals surface area contributed by atoms with Crippen LogP contribution < -0.4 is 4.43 Å². The zero-order valence-corrected chi connectivity index (χ0v) is 8.84. The van der Waals surface area contributed by atoms with E-state index < -0.39 is 7.87 Å². The van der Waals surface area contributed by atoms with Crippen LogP contribution in [0.2, 0.25) is 6.55 Å². The molecule has 0 aliphatic carbocycles. The molecule has 0 bridgehead atoms. The predicted octanol–water partition coefficient (Wildman–Crippen LogP) is 2.52. The van der Waals surface area contributed by atoms with Gasteiger partial charge in [-0.25, -0.2) is 0 Å². The van der Waals surface area contributed by atoms with Crippen molar-refractivity contribution in [2.45, 2.75) is 6.55 Å². The minimum atomic E-state index is -2.45. The molecule has 1 atom stereocenters. The van der Waals surface area contributed by atoms with Crippen LogP contribution in [0.15, 0.2) is 30.3 Å². The monoisotopic (exact) mass is 202 g/mol. The molecule has 1 unspecified atom stereocenters. The van der Waals surface area contributed by atoms with Crippen molar-refractivity contribution < 1.29 is 8.85 Å². The molecule has 66 valence electrons. The van der Waals surface area contributed by atoms with Gasteiger partial charge in [0, 0.05) is 13.7 Å². The van der Waals surface area contributed by atoms with E-state index in [0.29, 0.717) is 0 Å². The van der Waals surface area contributed by atoms with E-state index in [9.17, 15) is 0 Å². The summed E-state index contributed by atoms with van der Waals surface area (Å²) in [5.41, 5.74) is 0. The standard InChI is InChI=1S/C8H11ClO2Si/c1-10-12(2,9)11-8-6-4-3-5-7-8/h3-7H,1-2H3. The molecule has 1 aromatic rings. The lowest BCUT2D eigenvalue weighted by molar-refractivity contribution is 0.330. The Bertz CT molecular complexity index is 238. The van der Waals surface area contributed by atoms with Crippen molar-refractivity contribution in [3.63, 3.8) is 0 Å². The van der Waals surface area contributed by atoms with Crippen molar-refractivity contribution in [2.24, 2.45) is 0 Å². The van der Waals surface area contributed by atoms with Crippen molar-refractivity contribution in [3.05, 3.63) is 30.3 Å². The summed E-state index contributed by atoms with van der Waals surface area (Å²) in [5, 5.41) is 0. The maximum atomic E-state index is 5.95. The lowest BCUT2D eigenvalue weighted by Gasteiger charge is -2.18. The van der Waals surface area contributed by atoms with Crippen LogP contribution in [-0.4, -0.2) is 15.0 Å². The summed E-state index contributed by atoms with van der Waals surface area (Å²) in [6, 6.07) is 9.42. The molecule has 0 N–H and O–H groups in total. The largest absolute Gasteiger partial charge is 0.510 e. The van der Waals surface area contributed by atoms with Crippen molar-refractivity contribution >= 4 is 18.9 Å². The van der Waals surface area contributed by atoms with Gasteiger partial charge >= 0.3 is 7.87 Å². The van der Waals surface area contributed by atoms with E-state index in [-0.39, 0.29) is 0 Å². The normalized spacial score (nSPS) is 15.2. The Morgan fingerprint density at radius 2 is 1.83 bits per heavy atom. The van der Waals surface area contributed by atoms with Gasteiger partial charge in [-0.15, -0.1) is 0 Å². The molecule has 0 saturated carbocycles. The Morgan fingerprint density at radius 1 is 1.25 bits per heavy atom. The SMILES string of the molecule is CO[Si](C)(Cl)Oc1ccccc1. The van der Waals surface area contributed by atoms with E-state index in [1.165, 1.54) is 0 Å². The zero-order valence-electron chi connectivity index (χ0n) is 7.08. The summed E-state index contributed by atoms with van der Waals surface area (Å²) >= 11 is 5.95. The average molecular weight is 203 g/mol. The molecule has 0 spiro atoms. The number of hydrogen-bond donors (Lipinski definition) is 0. The molecule has 4 heteroatoms. The Balaban J connectivity index is 2.64. The fourth-order valence-corrected chi connectivity index (χ4v) is 1.65. The van der Waals surface area contributed by atoms with E-state index in [1.807, 2.05) is 30.3 Å². The number of benzene rings is 1. The number of rotatable bonds is 3. The van der Waals surface area contributed by atoms with Crippen molar-refractivity contribution in [3.8, 4) is 5.75 Å². The van der Waals surface area contributed by atoms with Crippen LogP contribution in [0, 0.1) is 0 Å². The van der Waals surface area contributed by atoms with Gasteiger partial charge in [0.15, 0.2) is 0 Å². The molecule has 0 heterocycles. The number of halogens is 1. The van der Waals surface area contributed by atoms with Gasteiger partial charge in [-0.3, -0.25) is 0 Å². The summed E-state index contributed by atoms with van der Waals surface area (Å²) in [4.78, 5) is 0. The van der Waals surface area contributed by atoms with E-state index in [1.54, 1.807) is 13.7 Å². The van der Waals surface area contributed by atoms with Gasteiger partial charge in [0.2, 0.25) is 0 Å². The second-order valence-electron chi connectivity index (χ2n) is 2.45. The lowest BCUT2D eigenvalue weighted by atomic mass is 10.3. The number of hydrogen-bond acceptors (Lipinski definition) is 2. The number of para-hydroxylation sites is 1. The third kappa shape index (κ3) is 2.85. The van der Waals surface area contributed by atoms with Gasteiger partial charge in [0.1, 0.15) is 5.75 Å². The third-order valence-corrected chi connectivity index (χ3v) is 3.43. The van der Waals surface area contributed by atoms with Gasteiger partial charge in [0.05, 0.1) is 0 Å². The topological polar surface area (TPSA) is 18.5 Å². The molecule has 1 aromatic carbocycles. The molecule has 0 radical (unpaired) electrons. The molecular formula is C8H11ClO2Si. The molecule has 0 aliphatic heterocycles. The molecule has 2 nitrogen and oxygen atoms in total. The van der Waals surface area contributed by atoms with Gasteiger partial charge < -0.3 is 8.85 Å². The van der Waals surface area contributed by atoms with Crippen molar-refractivity contribution in [1.29, 1.82) is 0 Å². The predicted molar refractivity (Wildman–Crippen MR) is 51.6 cm³/mol. The second kappa shape index (κ2) is 3.94. The molecule has 0 aromatic heterocycles. The molecule has 0 fully saturated rings. The molecule has 0 saturated heterocycles. The fourth-order valence-electron chi connectivity index (χ4n) is 0.741. The van der Waals surface area contributed by atoms with E-state index in [2.05, 4.69) is 0 Å². The van der Waals surface area contributed by atoms with Gasteiger partial charge in [0.25, 0.3) is 0 Å². The summed E-state index contributed by atoms with van der Waals surface area (Å²) in [6.45, 7) is 1.78. The van der Waals surface area contributed by atoms with E-state index in [4.69, 9.17) is 19.9 Å². The first kappa shape index (κ1) is 9.57. The maximum absolute atomic E-state index is 5.95. The Hall–Kier alpha value is -0.513. The van der Waals surface area contributed by atoms with Gasteiger partial charge in [-0.1, -0.05) is 29.3 Å². The van der Waals surface area contributed by atoms with Crippen LogP contribution in [0.4, 0.5) is 0 Å². The molecule has 12 heavy (non-hydrogen) atoms. The highest BCUT2D eigenvalue weighted by atomic mass is 35.6. The second-order valence-corrected chi connectivity index (χ2v) is 6.80. The van der Waals surface area contributed by atoms with Crippen LogP contribution >= 0.6 is 11.1 Å². The molecule has 0 aliphatic rings. The van der Waals surface area contributed by atoms with Crippen LogP contribution in [0.5, 0.6) is 5.75 Å². The molecule has 0 amide bonds. The minimum absolute atomic E-state index is 0.753. The quantitative estimate of drug-likeness (QED) is 0.554. The summed E-state index contributed by atoms with van der Waals surface area (Å²) in [5.74, 6) is 0.753. The van der Waals surface area contributed by atoms with Gasteiger partial charge in [-0.05, 0) is 12.1 Å². The van der Waals surface area contributed by atoms with Crippen LogP contribution in [0.3, 0.4) is 0 Å². The fraction of sp³-hybridized carbons (Fsp3) is 0.250. The van der Waals surface area contributed by atoms with E-state index in [0.717, 1.165) is 5.75 Å². The maximum Gasteiger partial charge on any atom is 0.502 e. The van der Waals surface area contributed by atoms with Crippen LogP contribution in [-0.2, 0) is 4.43 Å². The highest BCUT2D eigenvalue weighted by molar-refractivity contribution is 7.12. The average Bonchev–Trinajstić information content (AvgIpc) is 2.06. The van der Waals surface area contributed by atoms with Crippen LogP contribution in [0.1, 0.15) is 0 Å². The van der Waals surface area contributed by atoms with Crippen molar-refractivity contribution in [2.75, 3.05) is 7.11 Å².